The van der Waals surface area contributed by atoms with Gasteiger partial charge in [0.25, 0.3) is 5.91 Å². The summed E-state index contributed by atoms with van der Waals surface area (Å²) < 4.78 is 11.3. The van der Waals surface area contributed by atoms with Crippen molar-refractivity contribution in [2.75, 3.05) is 13.2 Å². The molecule has 0 spiro atoms. The smallest absolute Gasteiger partial charge is 0.268 e. The van der Waals surface area contributed by atoms with Crippen LogP contribution in [0.1, 0.15) is 57.9 Å². The van der Waals surface area contributed by atoms with E-state index < -0.39 is 0 Å². The highest BCUT2D eigenvalue weighted by molar-refractivity contribution is 6.02. The van der Waals surface area contributed by atoms with Crippen LogP contribution >= 0.6 is 0 Å². The van der Waals surface area contributed by atoms with Crippen molar-refractivity contribution in [3.63, 3.8) is 0 Å². The van der Waals surface area contributed by atoms with Crippen molar-refractivity contribution in [2.45, 2.75) is 40.2 Å². The predicted molar refractivity (Wildman–Crippen MR) is 98.1 cm³/mol. The molecule has 138 valence electrons. The number of hydrogen-bond acceptors (Lipinski definition) is 4. The van der Waals surface area contributed by atoms with Crippen LogP contribution in [0.2, 0.25) is 0 Å². The van der Waals surface area contributed by atoms with Crippen molar-refractivity contribution in [3.8, 4) is 11.5 Å². The summed E-state index contributed by atoms with van der Waals surface area (Å²) in [6.07, 6.45) is 1.54. The number of ether oxygens (including phenoxy) is 2. The molecule has 1 aliphatic heterocycles. The number of fused-ring (bicyclic) bond motifs is 1. The summed E-state index contributed by atoms with van der Waals surface area (Å²) in [4.78, 5) is 27.8. The van der Waals surface area contributed by atoms with E-state index in [0.29, 0.717) is 48.9 Å². The van der Waals surface area contributed by atoms with E-state index in [1.165, 1.54) is 6.92 Å². The first-order valence-corrected chi connectivity index (χ1v) is 8.91. The lowest BCUT2D eigenvalue weighted by molar-refractivity contribution is 0.0944. The topological polar surface area (TPSA) is 80.4 Å². The van der Waals surface area contributed by atoms with Crippen LogP contribution in [0.25, 0.3) is 0 Å². The molecular formula is C20H24N2O4. The molecule has 0 saturated heterocycles. The highest BCUT2D eigenvalue weighted by Gasteiger charge is 2.23. The van der Waals surface area contributed by atoms with Crippen molar-refractivity contribution in [2.24, 2.45) is 0 Å². The molecule has 2 N–H and O–H groups in total. The Morgan fingerprint density at radius 3 is 2.73 bits per heavy atom. The van der Waals surface area contributed by atoms with Crippen molar-refractivity contribution in [1.29, 1.82) is 0 Å². The second kappa shape index (κ2) is 7.64. The van der Waals surface area contributed by atoms with Crippen molar-refractivity contribution < 1.29 is 19.1 Å². The largest absolute Gasteiger partial charge is 0.486 e. The SMILES string of the molecule is CCCc1c(C(=O)NCc2cccc3c2OCCO3)[nH]c(C)c1C(C)=O. The van der Waals surface area contributed by atoms with E-state index in [0.717, 1.165) is 23.2 Å². The second-order valence-electron chi connectivity index (χ2n) is 6.41. The number of rotatable bonds is 6. The zero-order chi connectivity index (χ0) is 18.7. The highest BCUT2D eigenvalue weighted by atomic mass is 16.6. The lowest BCUT2D eigenvalue weighted by atomic mass is 10.0. The molecule has 0 aliphatic carbocycles. The summed E-state index contributed by atoms with van der Waals surface area (Å²) in [7, 11) is 0. The number of carbonyl (C=O) groups excluding carboxylic acids is 2. The van der Waals surface area contributed by atoms with Gasteiger partial charge in [-0.05, 0) is 31.9 Å². The maximum Gasteiger partial charge on any atom is 0.268 e. The fourth-order valence-corrected chi connectivity index (χ4v) is 3.38. The molecule has 1 aliphatic rings. The third-order valence-electron chi connectivity index (χ3n) is 4.46. The van der Waals surface area contributed by atoms with Gasteiger partial charge in [0.15, 0.2) is 17.3 Å². The molecule has 1 amide bonds. The summed E-state index contributed by atoms with van der Waals surface area (Å²) in [6.45, 7) is 6.73. The van der Waals surface area contributed by atoms with Gasteiger partial charge in [0.05, 0.1) is 0 Å². The number of Topliss-reactive ketones (excluding diaryl/α,β-unsaturated/α-hetero) is 1. The quantitative estimate of drug-likeness (QED) is 0.779. The normalized spacial score (nSPS) is 12.7. The molecule has 3 rings (SSSR count). The Bertz CT molecular complexity index is 839. The first-order valence-electron chi connectivity index (χ1n) is 8.91. The molecule has 1 aromatic heterocycles. The molecule has 0 saturated carbocycles. The average molecular weight is 356 g/mol. The number of H-pyrrole nitrogens is 1. The summed E-state index contributed by atoms with van der Waals surface area (Å²) in [5.74, 6) is 1.13. The Balaban J connectivity index is 1.81. The van der Waals surface area contributed by atoms with Gasteiger partial charge in [-0.3, -0.25) is 9.59 Å². The minimum Gasteiger partial charge on any atom is -0.486 e. The van der Waals surface area contributed by atoms with E-state index in [2.05, 4.69) is 10.3 Å². The number of hydrogen-bond donors (Lipinski definition) is 2. The first kappa shape index (κ1) is 18.0. The van der Waals surface area contributed by atoms with Gasteiger partial charge >= 0.3 is 0 Å². The summed E-state index contributed by atoms with van der Waals surface area (Å²) >= 11 is 0. The summed E-state index contributed by atoms with van der Waals surface area (Å²) in [5, 5.41) is 2.93. The number of benzene rings is 1. The highest BCUT2D eigenvalue weighted by Crippen LogP contribution is 2.33. The monoisotopic (exact) mass is 356 g/mol. The van der Waals surface area contributed by atoms with E-state index in [-0.39, 0.29) is 11.7 Å². The van der Waals surface area contributed by atoms with Crippen molar-refractivity contribution in [3.05, 3.63) is 46.3 Å². The number of carbonyl (C=O) groups is 2. The number of amides is 1. The van der Waals surface area contributed by atoms with E-state index in [1.807, 2.05) is 32.0 Å². The van der Waals surface area contributed by atoms with Crippen LogP contribution in [0.15, 0.2) is 18.2 Å². The fraction of sp³-hybridized carbons (Fsp3) is 0.400. The Kier molecular flexibility index (Phi) is 5.30. The number of nitrogens with one attached hydrogen (secondary N) is 2. The van der Waals surface area contributed by atoms with Gasteiger partial charge in [-0.15, -0.1) is 0 Å². The molecule has 2 heterocycles. The molecule has 26 heavy (non-hydrogen) atoms. The average Bonchev–Trinajstić information content (AvgIpc) is 2.96. The Morgan fingerprint density at radius 1 is 1.23 bits per heavy atom. The maximum absolute atomic E-state index is 12.7. The Morgan fingerprint density at radius 2 is 2.00 bits per heavy atom. The maximum atomic E-state index is 12.7. The van der Waals surface area contributed by atoms with Crippen LogP contribution in [0.4, 0.5) is 0 Å². The molecule has 0 atom stereocenters. The van der Waals surface area contributed by atoms with E-state index in [4.69, 9.17) is 9.47 Å². The Hall–Kier alpha value is -2.76. The van der Waals surface area contributed by atoms with Gasteiger partial charge in [0.2, 0.25) is 0 Å². The fourth-order valence-electron chi connectivity index (χ4n) is 3.38. The number of aromatic nitrogens is 1. The second-order valence-corrected chi connectivity index (χ2v) is 6.41. The molecule has 0 unspecified atom stereocenters. The van der Waals surface area contributed by atoms with Gasteiger partial charge in [-0.1, -0.05) is 25.5 Å². The van der Waals surface area contributed by atoms with Crippen molar-refractivity contribution in [1.82, 2.24) is 10.3 Å². The molecule has 0 radical (unpaired) electrons. The van der Waals surface area contributed by atoms with Crippen LogP contribution in [0, 0.1) is 6.92 Å². The predicted octanol–water partition coefficient (Wildman–Crippen LogP) is 3.18. The summed E-state index contributed by atoms with van der Waals surface area (Å²) in [6, 6.07) is 5.64. The lowest BCUT2D eigenvalue weighted by Gasteiger charge is -2.21. The number of para-hydroxylation sites is 1. The minimum atomic E-state index is -0.224. The van der Waals surface area contributed by atoms with Gasteiger partial charge in [0.1, 0.15) is 18.9 Å². The van der Waals surface area contributed by atoms with Gasteiger partial charge < -0.3 is 19.8 Å². The zero-order valence-corrected chi connectivity index (χ0v) is 15.4. The van der Waals surface area contributed by atoms with Crippen molar-refractivity contribution >= 4 is 11.7 Å². The Labute approximate surface area is 152 Å². The van der Waals surface area contributed by atoms with E-state index in [9.17, 15) is 9.59 Å². The minimum absolute atomic E-state index is 0.0241. The lowest BCUT2D eigenvalue weighted by Crippen LogP contribution is -2.25. The van der Waals surface area contributed by atoms with Crippen LogP contribution in [0.3, 0.4) is 0 Å². The van der Waals surface area contributed by atoms with Gasteiger partial charge in [-0.25, -0.2) is 0 Å². The van der Waals surface area contributed by atoms with E-state index >= 15 is 0 Å². The van der Waals surface area contributed by atoms with Crippen LogP contribution in [-0.4, -0.2) is 29.9 Å². The number of aryl methyl sites for hydroxylation is 1. The van der Waals surface area contributed by atoms with Crippen LogP contribution in [-0.2, 0) is 13.0 Å². The molecule has 6 heteroatoms. The third kappa shape index (κ3) is 3.45. The summed E-state index contributed by atoms with van der Waals surface area (Å²) in [5.41, 5.74) is 3.49. The zero-order valence-electron chi connectivity index (χ0n) is 15.4. The standard InChI is InChI=1S/C20H24N2O4/c1-4-6-15-17(13(3)23)12(2)22-18(15)20(24)21-11-14-7-5-8-16-19(14)26-10-9-25-16/h5,7-8,22H,4,6,9-11H2,1-3H3,(H,21,24). The first-order chi connectivity index (χ1) is 12.5. The molecule has 2 aromatic rings. The molecular weight excluding hydrogens is 332 g/mol. The van der Waals surface area contributed by atoms with Gasteiger partial charge in [0, 0.05) is 23.4 Å². The van der Waals surface area contributed by atoms with Crippen LogP contribution in [0.5, 0.6) is 11.5 Å². The molecule has 6 nitrogen and oxygen atoms in total. The number of aromatic amines is 1. The number of ketones is 1. The molecule has 1 aromatic carbocycles. The molecule has 0 bridgehead atoms. The van der Waals surface area contributed by atoms with Gasteiger partial charge in [-0.2, -0.15) is 0 Å². The van der Waals surface area contributed by atoms with E-state index in [1.54, 1.807) is 0 Å². The van der Waals surface area contributed by atoms with Crippen LogP contribution < -0.4 is 14.8 Å². The third-order valence-corrected chi connectivity index (χ3v) is 4.46. The molecule has 0 fully saturated rings.